The van der Waals surface area contributed by atoms with E-state index in [0.29, 0.717) is 17.3 Å². The summed E-state index contributed by atoms with van der Waals surface area (Å²) in [6, 6.07) is 10.2. The standard InChI is InChI=1S/C16H14ClFN4S/c17-13-9-11(4-5-14(13)18)21-16(23)19-7-6-12-10-22-8-2-1-3-15(22)20-12/h1-5,8-10H,6-7H2,(H2,19,21,23). The maximum absolute atomic E-state index is 13.1. The summed E-state index contributed by atoms with van der Waals surface area (Å²) in [6.07, 6.45) is 4.70. The van der Waals surface area contributed by atoms with Gasteiger partial charge in [-0.15, -0.1) is 0 Å². The van der Waals surface area contributed by atoms with Crippen LogP contribution in [0.25, 0.3) is 5.65 Å². The number of hydrogen-bond acceptors (Lipinski definition) is 2. The summed E-state index contributed by atoms with van der Waals surface area (Å²) in [5.41, 5.74) is 2.54. The number of nitrogens with one attached hydrogen (secondary N) is 2. The van der Waals surface area contributed by atoms with Crippen LogP contribution in [-0.4, -0.2) is 21.0 Å². The Morgan fingerprint density at radius 1 is 1.30 bits per heavy atom. The third-order valence-electron chi connectivity index (χ3n) is 3.26. The Hall–Kier alpha value is -2.18. The molecule has 3 rings (SSSR count). The number of nitrogens with zero attached hydrogens (tertiary/aromatic N) is 2. The van der Waals surface area contributed by atoms with Crippen molar-refractivity contribution in [3.63, 3.8) is 0 Å². The summed E-state index contributed by atoms with van der Waals surface area (Å²) >= 11 is 10.9. The number of anilines is 1. The lowest BCUT2D eigenvalue weighted by atomic mass is 10.3. The Balaban J connectivity index is 1.51. The van der Waals surface area contributed by atoms with Gasteiger partial charge in [-0.3, -0.25) is 0 Å². The second kappa shape index (κ2) is 6.93. The Morgan fingerprint density at radius 2 is 2.17 bits per heavy atom. The molecule has 0 aliphatic heterocycles. The van der Waals surface area contributed by atoms with E-state index in [9.17, 15) is 4.39 Å². The quantitative estimate of drug-likeness (QED) is 0.706. The van der Waals surface area contributed by atoms with E-state index in [-0.39, 0.29) is 5.02 Å². The van der Waals surface area contributed by atoms with Gasteiger partial charge in [-0.1, -0.05) is 17.7 Å². The molecule has 0 saturated carbocycles. The molecule has 0 saturated heterocycles. The van der Waals surface area contributed by atoms with E-state index in [4.69, 9.17) is 23.8 Å². The van der Waals surface area contributed by atoms with Crippen LogP contribution in [0.3, 0.4) is 0 Å². The second-order valence-electron chi connectivity index (χ2n) is 4.96. The van der Waals surface area contributed by atoms with Crippen molar-refractivity contribution in [2.24, 2.45) is 0 Å². The van der Waals surface area contributed by atoms with Crippen molar-refractivity contribution in [1.82, 2.24) is 14.7 Å². The fourth-order valence-electron chi connectivity index (χ4n) is 2.16. The van der Waals surface area contributed by atoms with Crippen LogP contribution in [0, 0.1) is 5.82 Å². The van der Waals surface area contributed by atoms with Crippen molar-refractivity contribution in [3.8, 4) is 0 Å². The number of aromatic nitrogens is 2. The van der Waals surface area contributed by atoms with Crippen LogP contribution in [0.1, 0.15) is 5.69 Å². The highest BCUT2D eigenvalue weighted by molar-refractivity contribution is 7.80. The van der Waals surface area contributed by atoms with Gasteiger partial charge in [-0.05, 0) is 42.5 Å². The highest BCUT2D eigenvalue weighted by Crippen LogP contribution is 2.19. The zero-order valence-electron chi connectivity index (χ0n) is 12.1. The number of rotatable bonds is 4. The third-order valence-corrected chi connectivity index (χ3v) is 3.79. The monoisotopic (exact) mass is 348 g/mol. The third kappa shape index (κ3) is 3.97. The lowest BCUT2D eigenvalue weighted by Gasteiger charge is -2.10. The van der Waals surface area contributed by atoms with Crippen LogP contribution in [0.4, 0.5) is 10.1 Å². The summed E-state index contributed by atoms with van der Waals surface area (Å²) in [6.45, 7) is 0.643. The lowest BCUT2D eigenvalue weighted by molar-refractivity contribution is 0.628. The van der Waals surface area contributed by atoms with E-state index in [2.05, 4.69) is 15.6 Å². The molecule has 2 N–H and O–H groups in total. The van der Waals surface area contributed by atoms with Gasteiger partial charge in [0.2, 0.25) is 0 Å². The predicted octanol–water partition coefficient (Wildman–Crippen LogP) is 3.66. The van der Waals surface area contributed by atoms with Gasteiger partial charge >= 0.3 is 0 Å². The molecular formula is C16H14ClFN4S. The zero-order chi connectivity index (χ0) is 16.2. The average molecular weight is 349 g/mol. The zero-order valence-corrected chi connectivity index (χ0v) is 13.7. The molecule has 0 unspecified atom stereocenters. The van der Waals surface area contributed by atoms with Crippen LogP contribution in [0.2, 0.25) is 5.02 Å². The summed E-state index contributed by atoms with van der Waals surface area (Å²) in [4.78, 5) is 4.52. The fourth-order valence-corrected chi connectivity index (χ4v) is 2.56. The highest BCUT2D eigenvalue weighted by Gasteiger charge is 2.04. The Morgan fingerprint density at radius 3 is 2.96 bits per heavy atom. The molecule has 2 aromatic heterocycles. The molecule has 1 aromatic carbocycles. The predicted molar refractivity (Wildman–Crippen MR) is 94.5 cm³/mol. The normalized spacial score (nSPS) is 10.7. The van der Waals surface area contributed by atoms with Crippen molar-refractivity contribution in [2.45, 2.75) is 6.42 Å². The summed E-state index contributed by atoms with van der Waals surface area (Å²) < 4.78 is 15.1. The lowest BCUT2D eigenvalue weighted by Crippen LogP contribution is -2.30. The van der Waals surface area contributed by atoms with Gasteiger partial charge in [0.1, 0.15) is 11.5 Å². The average Bonchev–Trinajstić information content (AvgIpc) is 2.93. The van der Waals surface area contributed by atoms with Gasteiger partial charge < -0.3 is 15.0 Å². The van der Waals surface area contributed by atoms with E-state index in [1.54, 1.807) is 6.07 Å². The first-order valence-electron chi connectivity index (χ1n) is 7.04. The molecule has 7 heteroatoms. The molecule has 0 atom stereocenters. The van der Waals surface area contributed by atoms with Crippen LogP contribution >= 0.6 is 23.8 Å². The molecule has 0 aliphatic carbocycles. The SMILES string of the molecule is Fc1ccc(NC(=S)NCCc2cn3ccccc3n2)cc1Cl. The van der Waals surface area contributed by atoms with Crippen molar-refractivity contribution in [2.75, 3.05) is 11.9 Å². The van der Waals surface area contributed by atoms with E-state index in [0.717, 1.165) is 17.8 Å². The van der Waals surface area contributed by atoms with Crippen molar-refractivity contribution in [1.29, 1.82) is 0 Å². The van der Waals surface area contributed by atoms with Crippen LogP contribution in [0.5, 0.6) is 0 Å². The molecule has 4 nitrogen and oxygen atoms in total. The number of pyridine rings is 1. The van der Waals surface area contributed by atoms with Crippen molar-refractivity contribution < 1.29 is 4.39 Å². The minimum absolute atomic E-state index is 0.0579. The number of halogens is 2. The molecule has 0 spiro atoms. The van der Waals surface area contributed by atoms with Gasteiger partial charge in [0.05, 0.1) is 10.7 Å². The molecule has 0 amide bonds. The van der Waals surface area contributed by atoms with Crippen molar-refractivity contribution >= 4 is 40.3 Å². The molecule has 23 heavy (non-hydrogen) atoms. The maximum atomic E-state index is 13.1. The first-order valence-corrected chi connectivity index (χ1v) is 7.83. The smallest absolute Gasteiger partial charge is 0.170 e. The van der Waals surface area contributed by atoms with Gasteiger partial charge in [0, 0.05) is 31.0 Å². The summed E-state index contributed by atoms with van der Waals surface area (Å²) in [5.74, 6) is -0.456. The van der Waals surface area contributed by atoms with Crippen LogP contribution < -0.4 is 10.6 Å². The Kier molecular flexibility index (Phi) is 4.73. The number of fused-ring (bicyclic) bond motifs is 1. The maximum Gasteiger partial charge on any atom is 0.170 e. The highest BCUT2D eigenvalue weighted by atomic mass is 35.5. The molecule has 0 aliphatic rings. The second-order valence-corrected chi connectivity index (χ2v) is 5.77. The molecule has 118 valence electrons. The van der Waals surface area contributed by atoms with E-state index < -0.39 is 5.82 Å². The molecule has 0 bridgehead atoms. The molecule has 0 radical (unpaired) electrons. The molecule has 3 aromatic rings. The minimum atomic E-state index is -0.456. The number of hydrogen-bond donors (Lipinski definition) is 2. The number of benzene rings is 1. The van der Waals surface area contributed by atoms with E-state index >= 15 is 0 Å². The van der Waals surface area contributed by atoms with Crippen LogP contribution in [0.15, 0.2) is 48.8 Å². The topological polar surface area (TPSA) is 41.4 Å². The largest absolute Gasteiger partial charge is 0.362 e. The Bertz CT molecular complexity index is 816. The van der Waals surface area contributed by atoms with Crippen LogP contribution in [-0.2, 0) is 6.42 Å². The minimum Gasteiger partial charge on any atom is -0.362 e. The van der Waals surface area contributed by atoms with Gasteiger partial charge in [-0.25, -0.2) is 9.37 Å². The van der Waals surface area contributed by atoms with Gasteiger partial charge in [0.15, 0.2) is 5.11 Å². The van der Waals surface area contributed by atoms with Gasteiger partial charge in [0.25, 0.3) is 0 Å². The Labute approximate surface area is 143 Å². The fraction of sp³-hybridized carbons (Fsp3) is 0.125. The van der Waals surface area contributed by atoms with E-state index in [1.807, 2.05) is 35.0 Å². The number of thiocarbonyl (C=S) groups is 1. The molecule has 0 fully saturated rings. The summed E-state index contributed by atoms with van der Waals surface area (Å²) in [5, 5.41) is 6.57. The van der Waals surface area contributed by atoms with E-state index in [1.165, 1.54) is 12.1 Å². The first-order chi connectivity index (χ1) is 11.1. The first kappa shape index (κ1) is 15.7. The summed E-state index contributed by atoms with van der Waals surface area (Å²) in [7, 11) is 0. The number of imidazole rings is 1. The van der Waals surface area contributed by atoms with Crippen molar-refractivity contribution in [3.05, 3.63) is 65.3 Å². The molecule has 2 heterocycles. The van der Waals surface area contributed by atoms with Gasteiger partial charge in [-0.2, -0.15) is 0 Å². The molecular weight excluding hydrogens is 335 g/mol.